The molecular formula is C12H26O2. The van der Waals surface area contributed by atoms with E-state index in [2.05, 4.69) is 27.7 Å². The van der Waals surface area contributed by atoms with Crippen molar-refractivity contribution in [2.75, 3.05) is 6.61 Å². The molecule has 0 aliphatic rings. The fourth-order valence-corrected chi connectivity index (χ4v) is 1.43. The second kappa shape index (κ2) is 8.25. The van der Waals surface area contributed by atoms with Crippen LogP contribution in [-0.2, 0) is 9.78 Å². The van der Waals surface area contributed by atoms with Crippen LogP contribution in [0.5, 0.6) is 0 Å². The van der Waals surface area contributed by atoms with Gasteiger partial charge in [0.15, 0.2) is 0 Å². The van der Waals surface area contributed by atoms with Crippen LogP contribution in [0.3, 0.4) is 0 Å². The molecule has 0 spiro atoms. The first-order chi connectivity index (χ1) is 6.62. The van der Waals surface area contributed by atoms with Gasteiger partial charge in [-0.1, -0.05) is 39.5 Å². The standard InChI is InChI=1S/C12H26O2/c1-5-7-8-9-11-13-14-12(3,4)10-6-2/h5-11H2,1-4H3. The summed E-state index contributed by atoms with van der Waals surface area (Å²) < 4.78 is 0. The zero-order chi connectivity index (χ0) is 10.9. The summed E-state index contributed by atoms with van der Waals surface area (Å²) in [5.41, 5.74) is -0.125. The average molecular weight is 202 g/mol. The average Bonchev–Trinajstić information content (AvgIpc) is 2.11. The molecule has 0 saturated carbocycles. The smallest absolute Gasteiger partial charge is 0.0980 e. The lowest BCUT2D eigenvalue weighted by atomic mass is 10.0. The number of hydrogen-bond donors (Lipinski definition) is 0. The van der Waals surface area contributed by atoms with Crippen LogP contribution in [0.25, 0.3) is 0 Å². The van der Waals surface area contributed by atoms with E-state index in [1.165, 1.54) is 19.3 Å². The van der Waals surface area contributed by atoms with Crippen LogP contribution in [0.1, 0.15) is 66.2 Å². The Labute approximate surface area is 88.9 Å². The summed E-state index contributed by atoms with van der Waals surface area (Å²) in [5, 5.41) is 0. The van der Waals surface area contributed by atoms with E-state index in [0.29, 0.717) is 0 Å². The minimum atomic E-state index is -0.125. The van der Waals surface area contributed by atoms with Crippen molar-refractivity contribution in [3.05, 3.63) is 0 Å². The molecular weight excluding hydrogens is 176 g/mol. The van der Waals surface area contributed by atoms with E-state index >= 15 is 0 Å². The van der Waals surface area contributed by atoms with Gasteiger partial charge in [-0.15, -0.1) is 0 Å². The van der Waals surface area contributed by atoms with Crippen molar-refractivity contribution in [3.8, 4) is 0 Å². The third kappa shape index (κ3) is 8.52. The highest BCUT2D eigenvalue weighted by atomic mass is 17.2. The molecule has 0 heterocycles. The number of hydrogen-bond acceptors (Lipinski definition) is 2. The molecule has 0 radical (unpaired) electrons. The van der Waals surface area contributed by atoms with Crippen LogP contribution in [-0.4, -0.2) is 12.2 Å². The molecule has 0 aliphatic carbocycles. The van der Waals surface area contributed by atoms with Crippen molar-refractivity contribution in [1.82, 2.24) is 0 Å². The number of rotatable bonds is 9. The van der Waals surface area contributed by atoms with E-state index in [4.69, 9.17) is 9.78 Å². The Morgan fingerprint density at radius 1 is 0.929 bits per heavy atom. The minimum absolute atomic E-state index is 0.125. The normalized spacial score (nSPS) is 12.0. The maximum atomic E-state index is 5.35. The van der Waals surface area contributed by atoms with Crippen molar-refractivity contribution in [3.63, 3.8) is 0 Å². The number of unbranched alkanes of at least 4 members (excludes halogenated alkanes) is 3. The van der Waals surface area contributed by atoms with Gasteiger partial charge in [0.25, 0.3) is 0 Å². The molecule has 0 N–H and O–H groups in total. The Hall–Kier alpha value is -0.0800. The van der Waals surface area contributed by atoms with E-state index in [0.717, 1.165) is 25.9 Å². The van der Waals surface area contributed by atoms with E-state index in [-0.39, 0.29) is 5.60 Å². The van der Waals surface area contributed by atoms with Gasteiger partial charge >= 0.3 is 0 Å². The second-order valence-electron chi connectivity index (χ2n) is 4.48. The molecule has 0 atom stereocenters. The molecule has 2 heteroatoms. The van der Waals surface area contributed by atoms with E-state index in [9.17, 15) is 0 Å². The fraction of sp³-hybridized carbons (Fsp3) is 1.00. The molecule has 0 rings (SSSR count). The van der Waals surface area contributed by atoms with E-state index < -0.39 is 0 Å². The third-order valence-electron chi connectivity index (χ3n) is 2.22. The second-order valence-corrected chi connectivity index (χ2v) is 4.48. The Morgan fingerprint density at radius 3 is 2.21 bits per heavy atom. The SMILES string of the molecule is CCCCCCOOC(C)(C)CCC. The van der Waals surface area contributed by atoms with Crippen LogP contribution in [0, 0.1) is 0 Å². The molecule has 0 aliphatic heterocycles. The van der Waals surface area contributed by atoms with Gasteiger partial charge in [-0.3, -0.25) is 0 Å². The molecule has 86 valence electrons. The zero-order valence-corrected chi connectivity index (χ0v) is 10.3. The van der Waals surface area contributed by atoms with Gasteiger partial charge in [-0.2, -0.15) is 0 Å². The summed E-state index contributed by atoms with van der Waals surface area (Å²) in [5.74, 6) is 0. The molecule has 0 saturated heterocycles. The van der Waals surface area contributed by atoms with Crippen molar-refractivity contribution in [2.45, 2.75) is 71.8 Å². The van der Waals surface area contributed by atoms with Crippen molar-refractivity contribution >= 4 is 0 Å². The first kappa shape index (κ1) is 13.9. The molecule has 0 amide bonds. The lowest BCUT2D eigenvalue weighted by Gasteiger charge is -2.22. The summed E-state index contributed by atoms with van der Waals surface area (Å²) in [4.78, 5) is 10.5. The van der Waals surface area contributed by atoms with Crippen molar-refractivity contribution in [2.24, 2.45) is 0 Å². The highest BCUT2D eigenvalue weighted by molar-refractivity contribution is 4.64. The monoisotopic (exact) mass is 202 g/mol. The van der Waals surface area contributed by atoms with Gasteiger partial charge in [-0.05, 0) is 26.7 Å². The quantitative estimate of drug-likeness (QED) is 0.318. The van der Waals surface area contributed by atoms with Crippen molar-refractivity contribution < 1.29 is 9.78 Å². The predicted octanol–water partition coefficient (Wildman–Crippen LogP) is 4.09. The Bertz CT molecular complexity index is 121. The summed E-state index contributed by atoms with van der Waals surface area (Å²) in [7, 11) is 0. The van der Waals surface area contributed by atoms with Gasteiger partial charge in [0, 0.05) is 0 Å². The van der Waals surface area contributed by atoms with Crippen LogP contribution in [0.15, 0.2) is 0 Å². The molecule has 0 unspecified atom stereocenters. The summed E-state index contributed by atoms with van der Waals surface area (Å²) in [6.07, 6.45) is 7.09. The van der Waals surface area contributed by atoms with E-state index in [1.54, 1.807) is 0 Å². The van der Waals surface area contributed by atoms with Gasteiger partial charge in [0.05, 0.1) is 12.2 Å². The fourth-order valence-electron chi connectivity index (χ4n) is 1.43. The highest BCUT2D eigenvalue weighted by Crippen LogP contribution is 2.16. The first-order valence-electron chi connectivity index (χ1n) is 5.93. The largest absolute Gasteiger partial charge is 0.236 e. The third-order valence-corrected chi connectivity index (χ3v) is 2.22. The molecule has 0 aromatic heterocycles. The van der Waals surface area contributed by atoms with Gasteiger partial charge in [-0.25, -0.2) is 9.78 Å². The summed E-state index contributed by atoms with van der Waals surface area (Å²) in [6, 6.07) is 0. The van der Waals surface area contributed by atoms with Gasteiger partial charge < -0.3 is 0 Å². The molecule has 0 aromatic rings. The molecule has 0 fully saturated rings. The van der Waals surface area contributed by atoms with Crippen LogP contribution < -0.4 is 0 Å². The zero-order valence-electron chi connectivity index (χ0n) is 10.3. The Kier molecular flexibility index (Phi) is 8.20. The van der Waals surface area contributed by atoms with Crippen LogP contribution >= 0.6 is 0 Å². The van der Waals surface area contributed by atoms with Gasteiger partial charge in [0.2, 0.25) is 0 Å². The van der Waals surface area contributed by atoms with Gasteiger partial charge in [0.1, 0.15) is 0 Å². The van der Waals surface area contributed by atoms with E-state index in [1.807, 2.05) is 0 Å². The molecule has 0 bridgehead atoms. The first-order valence-corrected chi connectivity index (χ1v) is 5.93. The summed E-state index contributed by atoms with van der Waals surface area (Å²) >= 11 is 0. The predicted molar refractivity (Wildman–Crippen MR) is 60.2 cm³/mol. The maximum Gasteiger partial charge on any atom is 0.0980 e. The lowest BCUT2D eigenvalue weighted by Crippen LogP contribution is -2.24. The topological polar surface area (TPSA) is 18.5 Å². The Balaban J connectivity index is 3.26. The maximum absolute atomic E-state index is 5.35. The minimum Gasteiger partial charge on any atom is -0.236 e. The molecule has 0 aromatic carbocycles. The highest BCUT2D eigenvalue weighted by Gasteiger charge is 2.17. The van der Waals surface area contributed by atoms with Crippen LogP contribution in [0.2, 0.25) is 0 Å². The molecule has 2 nitrogen and oxygen atoms in total. The van der Waals surface area contributed by atoms with Crippen LogP contribution in [0.4, 0.5) is 0 Å². The molecule has 14 heavy (non-hydrogen) atoms. The van der Waals surface area contributed by atoms with Crippen molar-refractivity contribution in [1.29, 1.82) is 0 Å². The summed E-state index contributed by atoms with van der Waals surface area (Å²) in [6.45, 7) is 9.24. The Morgan fingerprint density at radius 2 is 1.64 bits per heavy atom. The lowest BCUT2D eigenvalue weighted by molar-refractivity contribution is -0.354.